The molecule has 1 amide bonds. The molecule has 1 aliphatic rings. The number of likely N-dealkylation sites (tertiary alicyclic amines) is 1. The molecule has 10 heteroatoms. The van der Waals surface area contributed by atoms with E-state index in [0.29, 0.717) is 46.5 Å². The van der Waals surface area contributed by atoms with Gasteiger partial charge in [0, 0.05) is 72.3 Å². The summed E-state index contributed by atoms with van der Waals surface area (Å²) in [6.45, 7) is 1.22. The van der Waals surface area contributed by atoms with Gasteiger partial charge in [-0.25, -0.2) is 9.97 Å². The topological polar surface area (TPSA) is 112 Å². The first-order valence-electron chi connectivity index (χ1n) is 13.5. The third kappa shape index (κ3) is 5.49. The summed E-state index contributed by atoms with van der Waals surface area (Å²) in [4.78, 5) is 28.7. The van der Waals surface area contributed by atoms with Gasteiger partial charge in [0.2, 0.25) is 0 Å². The van der Waals surface area contributed by atoms with Crippen molar-refractivity contribution in [1.82, 2.24) is 29.6 Å². The lowest BCUT2D eigenvalue weighted by Gasteiger charge is -2.30. The predicted octanol–water partition coefficient (Wildman–Crippen LogP) is 5.24. The minimum atomic E-state index is -0.0468. The van der Waals surface area contributed by atoms with Crippen molar-refractivity contribution in [3.05, 3.63) is 83.5 Å². The number of hydrogen-bond acceptors (Lipinski definition) is 7. The molecule has 0 spiro atoms. The van der Waals surface area contributed by atoms with E-state index in [-0.39, 0.29) is 11.8 Å². The minimum absolute atomic E-state index is 0.0468. The van der Waals surface area contributed by atoms with E-state index in [9.17, 15) is 4.79 Å². The zero-order valence-corrected chi connectivity index (χ0v) is 24.0. The monoisotopic (exact) mass is 577 g/mol. The standard InChI is InChI=1S/C32H28ClN7O2/c1-39-19-22(17-37-39)28-16-29-24(4-3-11-35-29)27(38-28)8-5-20-9-12-40(13-10-20)32(41)21-6-7-23(30(14-21)42-2)25-15-31(34)36-18-26(25)33/h3-4,6-7,11,14-20H,9-10,12-13H2,1-2H3,(H2,34,36). The van der Waals surface area contributed by atoms with Gasteiger partial charge in [0.1, 0.15) is 17.3 Å². The van der Waals surface area contributed by atoms with Crippen LogP contribution in [0.2, 0.25) is 5.02 Å². The smallest absolute Gasteiger partial charge is 0.253 e. The number of nitrogens with zero attached hydrogens (tertiary/aromatic N) is 6. The fourth-order valence-electron chi connectivity index (χ4n) is 5.16. The lowest BCUT2D eigenvalue weighted by molar-refractivity contribution is 0.0707. The third-order valence-electron chi connectivity index (χ3n) is 7.39. The van der Waals surface area contributed by atoms with E-state index in [1.165, 1.54) is 6.20 Å². The first kappa shape index (κ1) is 27.2. The minimum Gasteiger partial charge on any atom is -0.496 e. The number of piperidine rings is 1. The van der Waals surface area contributed by atoms with E-state index in [1.807, 2.05) is 42.4 Å². The fraction of sp³-hybridized carbons (Fsp3) is 0.219. The molecule has 0 bridgehead atoms. The number of ether oxygens (including phenoxy) is 1. The molecule has 5 aromatic rings. The number of halogens is 1. The Kier molecular flexibility index (Phi) is 7.46. The van der Waals surface area contributed by atoms with Gasteiger partial charge < -0.3 is 15.4 Å². The number of methoxy groups -OCH3 is 1. The molecular weight excluding hydrogens is 550 g/mol. The van der Waals surface area contributed by atoms with Gasteiger partial charge in [0.25, 0.3) is 5.91 Å². The molecule has 0 radical (unpaired) electrons. The summed E-state index contributed by atoms with van der Waals surface area (Å²) >= 11 is 6.36. The molecule has 0 aliphatic carbocycles. The predicted molar refractivity (Wildman–Crippen MR) is 163 cm³/mol. The Morgan fingerprint density at radius 1 is 1.10 bits per heavy atom. The average Bonchev–Trinajstić information content (AvgIpc) is 3.46. The van der Waals surface area contributed by atoms with Crippen LogP contribution in [0.3, 0.4) is 0 Å². The summed E-state index contributed by atoms with van der Waals surface area (Å²) in [7, 11) is 3.44. The number of carbonyl (C=O) groups is 1. The molecule has 2 N–H and O–H groups in total. The highest BCUT2D eigenvalue weighted by Crippen LogP contribution is 2.36. The van der Waals surface area contributed by atoms with Gasteiger partial charge in [0.15, 0.2) is 0 Å². The molecule has 42 heavy (non-hydrogen) atoms. The number of rotatable bonds is 4. The summed E-state index contributed by atoms with van der Waals surface area (Å²) < 4.78 is 7.36. The number of anilines is 1. The Balaban J connectivity index is 1.18. The molecule has 1 aromatic carbocycles. The number of hydrogen-bond donors (Lipinski definition) is 1. The van der Waals surface area contributed by atoms with Crippen molar-refractivity contribution in [2.24, 2.45) is 13.0 Å². The second kappa shape index (κ2) is 11.5. The first-order valence-corrected chi connectivity index (χ1v) is 13.9. The van der Waals surface area contributed by atoms with Gasteiger partial charge in [-0.05, 0) is 61.2 Å². The van der Waals surface area contributed by atoms with Gasteiger partial charge >= 0.3 is 0 Å². The van der Waals surface area contributed by atoms with Crippen LogP contribution < -0.4 is 10.5 Å². The van der Waals surface area contributed by atoms with E-state index in [4.69, 9.17) is 27.1 Å². The van der Waals surface area contributed by atoms with Gasteiger partial charge in [-0.2, -0.15) is 5.10 Å². The first-order chi connectivity index (χ1) is 20.4. The molecule has 4 aromatic heterocycles. The Hall–Kier alpha value is -4.94. The zero-order chi connectivity index (χ0) is 29.2. The number of benzene rings is 1. The summed E-state index contributed by atoms with van der Waals surface area (Å²) in [5.74, 6) is 7.74. The molecule has 9 nitrogen and oxygen atoms in total. The number of aryl methyl sites for hydroxylation is 1. The SMILES string of the molecule is COc1cc(C(=O)N2CCC(C#Cc3nc(-c4cnn(C)c4)cc4ncccc34)CC2)ccc1-c1cc(N)ncc1Cl. The molecule has 210 valence electrons. The van der Waals surface area contributed by atoms with Crippen LogP contribution in [0.5, 0.6) is 5.75 Å². The molecule has 1 aliphatic heterocycles. The second-order valence-corrected chi connectivity index (χ2v) is 10.6. The number of fused-ring (bicyclic) bond motifs is 1. The van der Waals surface area contributed by atoms with Crippen LogP contribution in [-0.4, -0.2) is 55.7 Å². The van der Waals surface area contributed by atoms with Crippen molar-refractivity contribution in [3.63, 3.8) is 0 Å². The highest BCUT2D eigenvalue weighted by molar-refractivity contribution is 6.33. The summed E-state index contributed by atoms with van der Waals surface area (Å²) in [5.41, 5.74) is 11.1. The van der Waals surface area contributed by atoms with Crippen molar-refractivity contribution >= 4 is 34.2 Å². The van der Waals surface area contributed by atoms with Crippen LogP contribution in [0.25, 0.3) is 33.3 Å². The molecule has 0 saturated carbocycles. The maximum absolute atomic E-state index is 13.4. The molecule has 1 saturated heterocycles. The Labute approximate surface area is 248 Å². The Morgan fingerprint density at radius 3 is 2.69 bits per heavy atom. The second-order valence-electron chi connectivity index (χ2n) is 10.2. The Morgan fingerprint density at radius 2 is 1.93 bits per heavy atom. The zero-order valence-electron chi connectivity index (χ0n) is 23.2. The fourth-order valence-corrected chi connectivity index (χ4v) is 5.36. The molecule has 6 rings (SSSR count). The summed E-state index contributed by atoms with van der Waals surface area (Å²) in [6.07, 6.45) is 8.54. The summed E-state index contributed by atoms with van der Waals surface area (Å²) in [5, 5.41) is 5.64. The number of nitrogen functional groups attached to an aromatic ring is 1. The van der Waals surface area contributed by atoms with E-state index in [1.54, 1.807) is 42.4 Å². The molecule has 0 atom stereocenters. The molecular formula is C32H28ClN7O2. The average molecular weight is 578 g/mol. The van der Waals surface area contributed by atoms with Gasteiger partial charge in [0.05, 0.1) is 29.5 Å². The number of pyridine rings is 3. The van der Waals surface area contributed by atoms with Gasteiger partial charge in [-0.1, -0.05) is 17.5 Å². The highest BCUT2D eigenvalue weighted by atomic mass is 35.5. The lowest BCUT2D eigenvalue weighted by Crippen LogP contribution is -2.38. The van der Waals surface area contributed by atoms with Crippen molar-refractivity contribution in [2.45, 2.75) is 12.8 Å². The lowest BCUT2D eigenvalue weighted by atomic mass is 9.96. The van der Waals surface area contributed by atoms with Crippen molar-refractivity contribution in [3.8, 4) is 40.0 Å². The van der Waals surface area contributed by atoms with E-state index in [2.05, 4.69) is 26.9 Å². The van der Waals surface area contributed by atoms with Crippen LogP contribution in [0, 0.1) is 17.8 Å². The number of aromatic nitrogens is 5. The normalized spacial score (nSPS) is 13.5. The highest BCUT2D eigenvalue weighted by Gasteiger charge is 2.24. The summed E-state index contributed by atoms with van der Waals surface area (Å²) in [6, 6.07) is 12.9. The van der Waals surface area contributed by atoms with E-state index < -0.39 is 0 Å². The quantitative estimate of drug-likeness (QED) is 0.291. The van der Waals surface area contributed by atoms with Crippen molar-refractivity contribution < 1.29 is 9.53 Å². The molecule has 5 heterocycles. The third-order valence-corrected chi connectivity index (χ3v) is 7.69. The number of carbonyl (C=O) groups excluding carboxylic acids is 1. The van der Waals surface area contributed by atoms with Crippen LogP contribution in [0.15, 0.2) is 67.3 Å². The molecule has 0 unspecified atom stereocenters. The van der Waals surface area contributed by atoms with Crippen molar-refractivity contribution in [2.75, 3.05) is 25.9 Å². The van der Waals surface area contributed by atoms with E-state index >= 15 is 0 Å². The van der Waals surface area contributed by atoms with Crippen LogP contribution >= 0.6 is 11.6 Å². The number of nitrogens with two attached hydrogens (primary N) is 1. The van der Waals surface area contributed by atoms with Crippen LogP contribution in [-0.2, 0) is 7.05 Å². The maximum atomic E-state index is 13.4. The maximum Gasteiger partial charge on any atom is 0.253 e. The van der Waals surface area contributed by atoms with Gasteiger partial charge in [-0.3, -0.25) is 14.5 Å². The van der Waals surface area contributed by atoms with Crippen molar-refractivity contribution in [1.29, 1.82) is 0 Å². The van der Waals surface area contributed by atoms with Crippen LogP contribution in [0.1, 0.15) is 28.9 Å². The Bertz CT molecular complexity index is 1870. The number of amides is 1. The molecule has 1 fully saturated rings. The van der Waals surface area contributed by atoms with E-state index in [0.717, 1.165) is 40.6 Å². The van der Waals surface area contributed by atoms with Crippen LogP contribution in [0.4, 0.5) is 5.82 Å². The van der Waals surface area contributed by atoms with Gasteiger partial charge in [-0.15, -0.1) is 0 Å². The largest absolute Gasteiger partial charge is 0.496 e.